The van der Waals surface area contributed by atoms with Crippen LogP contribution >= 0.6 is 0 Å². The molecule has 1 N–H and O–H groups in total. The summed E-state index contributed by atoms with van der Waals surface area (Å²) in [5.74, 6) is -1.50. The van der Waals surface area contributed by atoms with Gasteiger partial charge >= 0.3 is 18.3 Å². The minimum absolute atomic E-state index is 0.131. The van der Waals surface area contributed by atoms with E-state index in [-0.39, 0.29) is 12.4 Å². The number of hydrogen-bond donors (Lipinski definition) is 1. The standard InChI is InChI=1S/C34H27F6N3O3/c1-3-6-22-7-4-8-26(28-9-5-10-29(42-28)43-31(34(38,39)40)27(18-41-43)32(44)45)30(22)46-19-24-12-11-23(17-20(24)2)21-13-15-25(16-14-21)33(35,36)37/h4-5,7-18H,3,6,19H2,1-2H3,(H,44,45). The first kappa shape index (κ1) is 32.3. The average molecular weight is 640 g/mol. The van der Waals surface area contributed by atoms with Gasteiger partial charge in [0.1, 0.15) is 17.9 Å². The number of benzene rings is 3. The lowest BCUT2D eigenvalue weighted by molar-refractivity contribution is -0.143. The van der Waals surface area contributed by atoms with Gasteiger partial charge in [-0.3, -0.25) is 0 Å². The third kappa shape index (κ3) is 6.75. The maximum absolute atomic E-state index is 13.9. The number of carboxylic acid groups (broad SMARTS) is 1. The molecule has 46 heavy (non-hydrogen) atoms. The number of alkyl halides is 6. The molecule has 12 heteroatoms. The summed E-state index contributed by atoms with van der Waals surface area (Å²) < 4.78 is 87.4. The summed E-state index contributed by atoms with van der Waals surface area (Å²) >= 11 is 0. The molecular weight excluding hydrogens is 612 g/mol. The van der Waals surface area contributed by atoms with Crippen LogP contribution in [0.25, 0.3) is 28.2 Å². The molecule has 0 radical (unpaired) electrons. The van der Waals surface area contributed by atoms with Gasteiger partial charge in [0.25, 0.3) is 0 Å². The fourth-order valence-electron chi connectivity index (χ4n) is 5.10. The van der Waals surface area contributed by atoms with Crippen LogP contribution in [0.1, 0.15) is 51.7 Å². The van der Waals surface area contributed by atoms with E-state index in [1.165, 1.54) is 24.3 Å². The quantitative estimate of drug-likeness (QED) is 0.163. The maximum atomic E-state index is 13.9. The molecule has 0 aliphatic rings. The molecule has 0 fully saturated rings. The highest BCUT2D eigenvalue weighted by Gasteiger charge is 2.41. The average Bonchev–Trinajstić information content (AvgIpc) is 3.48. The van der Waals surface area contributed by atoms with Crippen LogP contribution in [0, 0.1) is 6.92 Å². The minimum atomic E-state index is -5.00. The molecule has 0 amide bonds. The summed E-state index contributed by atoms with van der Waals surface area (Å²) in [7, 11) is 0. The predicted octanol–water partition coefficient (Wildman–Crippen LogP) is 9.18. The SMILES string of the molecule is CCCc1cccc(-c2cccc(-n3ncc(C(=O)O)c3C(F)(F)F)n2)c1OCc1ccc(-c2ccc(C(F)(F)F)cc2)cc1C. The lowest BCUT2D eigenvalue weighted by Gasteiger charge is -2.18. The van der Waals surface area contributed by atoms with Gasteiger partial charge in [-0.15, -0.1) is 0 Å². The van der Waals surface area contributed by atoms with Crippen molar-refractivity contribution in [3.63, 3.8) is 0 Å². The molecule has 0 saturated carbocycles. The van der Waals surface area contributed by atoms with Crippen LogP contribution in [0.4, 0.5) is 26.3 Å². The normalized spacial score (nSPS) is 11.9. The van der Waals surface area contributed by atoms with Crippen LogP contribution in [0.15, 0.2) is 85.1 Å². The Balaban J connectivity index is 1.47. The number of para-hydroxylation sites is 1. The third-order valence-corrected chi connectivity index (χ3v) is 7.37. The van der Waals surface area contributed by atoms with Crippen molar-refractivity contribution in [1.29, 1.82) is 0 Å². The van der Waals surface area contributed by atoms with Gasteiger partial charge in [-0.25, -0.2) is 14.5 Å². The number of halogens is 6. The van der Waals surface area contributed by atoms with Crippen molar-refractivity contribution in [2.24, 2.45) is 0 Å². The van der Waals surface area contributed by atoms with Crippen LogP contribution in [0.5, 0.6) is 5.75 Å². The van der Waals surface area contributed by atoms with Crippen molar-refractivity contribution in [1.82, 2.24) is 14.8 Å². The molecule has 5 aromatic rings. The number of hydrogen-bond acceptors (Lipinski definition) is 4. The van der Waals surface area contributed by atoms with Gasteiger partial charge in [-0.05, 0) is 71.5 Å². The van der Waals surface area contributed by atoms with E-state index in [0.29, 0.717) is 39.9 Å². The van der Waals surface area contributed by atoms with Crippen molar-refractivity contribution < 1.29 is 41.0 Å². The largest absolute Gasteiger partial charge is 0.488 e. The Morgan fingerprint density at radius 3 is 2.20 bits per heavy atom. The fourth-order valence-corrected chi connectivity index (χ4v) is 5.10. The van der Waals surface area contributed by atoms with E-state index in [1.807, 2.05) is 32.0 Å². The number of aromatic nitrogens is 3. The molecule has 0 unspecified atom stereocenters. The zero-order valence-electron chi connectivity index (χ0n) is 24.6. The molecule has 0 aliphatic heterocycles. The lowest BCUT2D eigenvalue weighted by Crippen LogP contribution is -2.18. The molecular formula is C34H27F6N3O3. The molecule has 3 aromatic carbocycles. The van der Waals surface area contributed by atoms with Crippen LogP contribution < -0.4 is 4.74 Å². The highest BCUT2D eigenvalue weighted by atomic mass is 19.4. The predicted molar refractivity (Wildman–Crippen MR) is 159 cm³/mol. The van der Waals surface area contributed by atoms with E-state index >= 15 is 0 Å². The summed E-state index contributed by atoms with van der Waals surface area (Å²) in [6.07, 6.45) is -7.35. The van der Waals surface area contributed by atoms with E-state index in [2.05, 4.69) is 10.1 Å². The van der Waals surface area contributed by atoms with Gasteiger partial charge in [-0.1, -0.05) is 61.9 Å². The second-order valence-electron chi connectivity index (χ2n) is 10.6. The Labute approximate surface area is 259 Å². The maximum Gasteiger partial charge on any atom is 0.434 e. The number of rotatable bonds is 9. The molecule has 6 nitrogen and oxygen atoms in total. The van der Waals surface area contributed by atoms with Gasteiger partial charge < -0.3 is 9.84 Å². The van der Waals surface area contributed by atoms with Crippen LogP contribution in [-0.4, -0.2) is 25.8 Å². The number of aromatic carboxylic acids is 1. The van der Waals surface area contributed by atoms with Gasteiger partial charge in [0.05, 0.1) is 17.5 Å². The number of nitrogens with zero attached hydrogens (tertiary/aromatic N) is 3. The number of aryl methyl sites for hydroxylation is 2. The summed E-state index contributed by atoms with van der Waals surface area (Å²) in [5.41, 5.74) is 1.54. The minimum Gasteiger partial charge on any atom is -0.488 e. The topological polar surface area (TPSA) is 77.2 Å². The molecule has 0 aliphatic carbocycles. The van der Waals surface area contributed by atoms with Crippen molar-refractivity contribution in [2.45, 2.75) is 45.6 Å². The molecule has 0 bridgehead atoms. The molecule has 238 valence electrons. The third-order valence-electron chi connectivity index (χ3n) is 7.37. The Morgan fingerprint density at radius 2 is 1.57 bits per heavy atom. The molecule has 0 spiro atoms. The number of carboxylic acids is 1. The highest BCUT2D eigenvalue weighted by molar-refractivity contribution is 5.89. The summed E-state index contributed by atoms with van der Waals surface area (Å²) in [6.45, 7) is 3.99. The Hall–Kier alpha value is -5.13. The Morgan fingerprint density at radius 1 is 0.870 bits per heavy atom. The van der Waals surface area contributed by atoms with Crippen molar-refractivity contribution in [3.8, 4) is 34.0 Å². The fraction of sp³-hybridized carbons (Fsp3) is 0.206. The number of pyridine rings is 1. The lowest BCUT2D eigenvalue weighted by atomic mass is 9.99. The highest BCUT2D eigenvalue weighted by Crippen LogP contribution is 2.37. The number of ether oxygens (including phenoxy) is 1. The zero-order valence-corrected chi connectivity index (χ0v) is 24.6. The van der Waals surface area contributed by atoms with Crippen LogP contribution in [0.3, 0.4) is 0 Å². The van der Waals surface area contributed by atoms with E-state index < -0.39 is 35.1 Å². The first-order valence-electron chi connectivity index (χ1n) is 14.2. The van der Waals surface area contributed by atoms with E-state index in [9.17, 15) is 36.2 Å². The van der Waals surface area contributed by atoms with Gasteiger partial charge in [-0.2, -0.15) is 31.4 Å². The Bertz CT molecular complexity index is 1880. The molecule has 2 heterocycles. The second kappa shape index (κ2) is 12.7. The van der Waals surface area contributed by atoms with Crippen LogP contribution in [-0.2, 0) is 25.4 Å². The molecule has 5 rings (SSSR count). The smallest absolute Gasteiger partial charge is 0.434 e. The zero-order chi connectivity index (χ0) is 33.2. The van der Waals surface area contributed by atoms with Crippen molar-refractivity contribution in [2.75, 3.05) is 0 Å². The Kier molecular flexibility index (Phi) is 8.91. The second-order valence-corrected chi connectivity index (χ2v) is 10.6. The van der Waals surface area contributed by atoms with Gasteiger partial charge in [0, 0.05) is 5.56 Å². The monoisotopic (exact) mass is 639 g/mol. The van der Waals surface area contributed by atoms with E-state index in [0.717, 1.165) is 40.8 Å². The molecule has 2 aromatic heterocycles. The summed E-state index contributed by atoms with van der Waals surface area (Å²) in [5, 5.41) is 13.0. The summed E-state index contributed by atoms with van der Waals surface area (Å²) in [6, 6.07) is 20.2. The first-order valence-corrected chi connectivity index (χ1v) is 14.2. The van der Waals surface area contributed by atoms with Crippen LogP contribution in [0.2, 0.25) is 0 Å². The van der Waals surface area contributed by atoms with E-state index in [4.69, 9.17) is 4.74 Å². The van der Waals surface area contributed by atoms with Gasteiger partial charge in [0.15, 0.2) is 11.5 Å². The van der Waals surface area contributed by atoms with Crippen molar-refractivity contribution >= 4 is 5.97 Å². The van der Waals surface area contributed by atoms with Crippen molar-refractivity contribution in [3.05, 3.63) is 119 Å². The van der Waals surface area contributed by atoms with Gasteiger partial charge in [0.2, 0.25) is 0 Å². The number of carbonyl (C=O) groups is 1. The molecule has 0 saturated heterocycles. The first-order chi connectivity index (χ1) is 21.8. The molecule has 0 atom stereocenters. The summed E-state index contributed by atoms with van der Waals surface area (Å²) in [4.78, 5) is 15.9. The van der Waals surface area contributed by atoms with E-state index in [1.54, 1.807) is 24.3 Å².